The van der Waals surface area contributed by atoms with Gasteiger partial charge in [-0.25, -0.2) is 8.78 Å². The predicted octanol–water partition coefficient (Wildman–Crippen LogP) is 5.69. The summed E-state index contributed by atoms with van der Waals surface area (Å²) in [5, 5.41) is 0. The van der Waals surface area contributed by atoms with Crippen molar-refractivity contribution in [2.75, 3.05) is 0 Å². The Bertz CT molecular complexity index is 552. The molecule has 2 aromatic carbocycles. The summed E-state index contributed by atoms with van der Waals surface area (Å²) in [6, 6.07) is 15.5. The first-order chi connectivity index (χ1) is 9.43. The van der Waals surface area contributed by atoms with Crippen LogP contribution < -0.4 is 0 Å². The van der Waals surface area contributed by atoms with Crippen LogP contribution in [0.3, 0.4) is 0 Å². The molecule has 0 saturated heterocycles. The van der Waals surface area contributed by atoms with Gasteiger partial charge in [-0.15, -0.1) is 0 Å². The summed E-state index contributed by atoms with van der Waals surface area (Å²) in [5.74, 6) is -4.10. The van der Waals surface area contributed by atoms with Crippen molar-refractivity contribution >= 4 is 15.9 Å². The molecule has 0 N–H and O–H groups in total. The lowest BCUT2D eigenvalue weighted by Crippen LogP contribution is -2.31. The van der Waals surface area contributed by atoms with Gasteiger partial charge in [0.2, 0.25) is 0 Å². The van der Waals surface area contributed by atoms with Crippen LogP contribution in [-0.4, -0.2) is 12.3 Å². The fraction of sp³-hybridized carbons (Fsp3) is 0.200. The van der Waals surface area contributed by atoms with Crippen molar-refractivity contribution in [3.63, 3.8) is 0 Å². The van der Waals surface area contributed by atoms with Gasteiger partial charge in [0.25, 0.3) is 0 Å². The van der Waals surface area contributed by atoms with Gasteiger partial charge >= 0.3 is 12.3 Å². The maximum absolute atomic E-state index is 13.3. The summed E-state index contributed by atoms with van der Waals surface area (Å²) < 4.78 is 51.1. The molecule has 0 aromatic heterocycles. The second-order valence-corrected chi connectivity index (χ2v) is 5.24. The van der Waals surface area contributed by atoms with Gasteiger partial charge < -0.3 is 0 Å². The summed E-state index contributed by atoms with van der Waals surface area (Å²) in [6.45, 7) is 0. The van der Waals surface area contributed by atoms with Gasteiger partial charge in [-0.05, 0) is 16.7 Å². The third-order valence-electron chi connectivity index (χ3n) is 2.94. The minimum atomic E-state index is -4.10. The van der Waals surface area contributed by atoms with Crippen LogP contribution in [-0.2, 0) is 0 Å². The van der Waals surface area contributed by atoms with E-state index in [1.54, 1.807) is 12.1 Å². The number of benzene rings is 2. The molecule has 5 heteroatoms. The highest BCUT2D eigenvalue weighted by Crippen LogP contribution is 2.42. The number of hydrogen-bond donors (Lipinski definition) is 0. The van der Waals surface area contributed by atoms with E-state index in [-0.39, 0.29) is 5.56 Å². The first-order valence-corrected chi connectivity index (χ1v) is 6.80. The maximum atomic E-state index is 13.3. The summed E-state index contributed by atoms with van der Waals surface area (Å²) in [5.41, 5.74) is 1.90. The molecule has 0 aliphatic rings. The Morgan fingerprint density at radius 1 is 0.800 bits per heavy atom. The van der Waals surface area contributed by atoms with Gasteiger partial charge in [-0.1, -0.05) is 70.5 Å². The van der Waals surface area contributed by atoms with Gasteiger partial charge in [-0.3, -0.25) is 0 Å². The van der Waals surface area contributed by atoms with Crippen LogP contribution in [0.25, 0.3) is 11.1 Å². The van der Waals surface area contributed by atoms with Gasteiger partial charge in [0.1, 0.15) is 4.83 Å². The van der Waals surface area contributed by atoms with Crippen LogP contribution in [0.5, 0.6) is 0 Å². The molecule has 2 rings (SSSR count). The predicted molar refractivity (Wildman–Crippen MR) is 74.5 cm³/mol. The van der Waals surface area contributed by atoms with Crippen molar-refractivity contribution in [1.82, 2.24) is 0 Å². The molecule has 20 heavy (non-hydrogen) atoms. The maximum Gasteiger partial charge on any atom is 0.323 e. The van der Waals surface area contributed by atoms with E-state index in [2.05, 4.69) is 15.9 Å². The zero-order valence-electron chi connectivity index (χ0n) is 10.2. The van der Waals surface area contributed by atoms with Crippen molar-refractivity contribution in [2.45, 2.75) is 17.2 Å². The molecular formula is C15H11BrF4. The molecule has 0 nitrogen and oxygen atoms in total. The smallest absolute Gasteiger partial charge is 0.204 e. The molecule has 0 heterocycles. The molecule has 0 radical (unpaired) electrons. The van der Waals surface area contributed by atoms with Crippen LogP contribution >= 0.6 is 15.9 Å². The van der Waals surface area contributed by atoms with Crippen molar-refractivity contribution in [2.24, 2.45) is 0 Å². The number of alkyl halides is 5. The second-order valence-electron chi connectivity index (χ2n) is 4.33. The minimum absolute atomic E-state index is 0.120. The molecule has 106 valence electrons. The van der Waals surface area contributed by atoms with Crippen LogP contribution in [0.4, 0.5) is 17.6 Å². The third-order valence-corrected chi connectivity index (χ3v) is 4.08. The largest absolute Gasteiger partial charge is 0.323 e. The van der Waals surface area contributed by atoms with E-state index in [0.717, 1.165) is 11.1 Å². The molecule has 0 bridgehead atoms. The molecule has 0 amide bonds. The van der Waals surface area contributed by atoms with Crippen LogP contribution in [0.15, 0.2) is 54.6 Å². The van der Waals surface area contributed by atoms with E-state index in [1.165, 1.54) is 12.1 Å². The lowest BCUT2D eigenvalue weighted by Gasteiger charge is -2.21. The summed E-state index contributed by atoms with van der Waals surface area (Å²) in [4.78, 5) is -1.71. The van der Waals surface area contributed by atoms with E-state index in [1.807, 2.05) is 30.3 Å². The van der Waals surface area contributed by atoms with Gasteiger partial charge in [0, 0.05) is 0 Å². The van der Waals surface area contributed by atoms with Crippen molar-refractivity contribution in [3.8, 4) is 11.1 Å². The topological polar surface area (TPSA) is 0 Å². The Hall–Kier alpha value is -1.36. The molecule has 1 atom stereocenters. The average Bonchev–Trinajstić information content (AvgIpc) is 2.47. The lowest BCUT2D eigenvalue weighted by atomic mass is 10.0. The average molecular weight is 347 g/mol. The highest BCUT2D eigenvalue weighted by Gasteiger charge is 2.48. The lowest BCUT2D eigenvalue weighted by molar-refractivity contribution is -0.127. The Kier molecular flexibility index (Phi) is 4.48. The fourth-order valence-corrected chi connectivity index (χ4v) is 2.31. The molecular weight excluding hydrogens is 336 g/mol. The monoisotopic (exact) mass is 346 g/mol. The SMILES string of the molecule is FC(F)C(F)(F)C(Br)c1ccc(-c2ccccc2)cc1. The molecule has 0 aliphatic carbocycles. The van der Waals surface area contributed by atoms with Crippen LogP contribution in [0, 0.1) is 0 Å². The Morgan fingerprint density at radius 2 is 1.30 bits per heavy atom. The molecule has 0 fully saturated rings. The van der Waals surface area contributed by atoms with E-state index < -0.39 is 17.2 Å². The first kappa shape index (κ1) is 15.0. The Morgan fingerprint density at radius 3 is 1.80 bits per heavy atom. The molecule has 1 unspecified atom stereocenters. The third kappa shape index (κ3) is 3.03. The van der Waals surface area contributed by atoms with Crippen molar-refractivity contribution < 1.29 is 17.6 Å². The Balaban J connectivity index is 2.25. The summed E-state index contributed by atoms with van der Waals surface area (Å²) in [7, 11) is 0. The van der Waals surface area contributed by atoms with Gasteiger partial charge in [-0.2, -0.15) is 8.78 Å². The zero-order chi connectivity index (χ0) is 14.8. The highest BCUT2D eigenvalue weighted by molar-refractivity contribution is 9.09. The second kappa shape index (κ2) is 5.95. The van der Waals surface area contributed by atoms with E-state index >= 15 is 0 Å². The van der Waals surface area contributed by atoms with Crippen LogP contribution in [0.2, 0.25) is 0 Å². The highest BCUT2D eigenvalue weighted by atomic mass is 79.9. The zero-order valence-corrected chi connectivity index (χ0v) is 11.8. The normalized spacial score (nSPS) is 13.5. The molecule has 2 aromatic rings. The van der Waals surface area contributed by atoms with E-state index in [9.17, 15) is 17.6 Å². The standard InChI is InChI=1S/C15H11BrF4/c16-13(15(19,20)14(17)18)12-8-6-11(7-9-12)10-4-2-1-3-5-10/h1-9,13-14H. The van der Waals surface area contributed by atoms with Gasteiger partial charge in [0.05, 0.1) is 0 Å². The molecule has 0 saturated carbocycles. The molecule has 0 aliphatic heterocycles. The Labute approximate surface area is 122 Å². The van der Waals surface area contributed by atoms with E-state index in [0.29, 0.717) is 0 Å². The molecule has 0 spiro atoms. The number of halogens is 5. The number of hydrogen-bond acceptors (Lipinski definition) is 0. The number of rotatable bonds is 4. The van der Waals surface area contributed by atoms with Gasteiger partial charge in [0.15, 0.2) is 0 Å². The summed E-state index contributed by atoms with van der Waals surface area (Å²) in [6.07, 6.45) is -3.71. The van der Waals surface area contributed by atoms with Crippen LogP contribution in [0.1, 0.15) is 10.4 Å². The fourth-order valence-electron chi connectivity index (χ4n) is 1.81. The quantitative estimate of drug-likeness (QED) is 0.492. The first-order valence-electron chi connectivity index (χ1n) is 5.88. The van der Waals surface area contributed by atoms with Crippen molar-refractivity contribution in [3.05, 3.63) is 60.2 Å². The van der Waals surface area contributed by atoms with E-state index in [4.69, 9.17) is 0 Å². The minimum Gasteiger partial charge on any atom is -0.204 e. The van der Waals surface area contributed by atoms with Crippen molar-refractivity contribution in [1.29, 1.82) is 0 Å². The summed E-state index contributed by atoms with van der Waals surface area (Å²) >= 11 is 2.66.